The Morgan fingerprint density at radius 1 is 0.300 bits per heavy atom. The van der Waals surface area contributed by atoms with Gasteiger partial charge >= 0.3 is 35.8 Å². The van der Waals surface area contributed by atoms with Crippen LogP contribution in [0, 0.1) is 0 Å². The Bertz CT molecular complexity index is 3210. The highest BCUT2D eigenvalue weighted by atomic mass is 16.6. The molecule has 4 aromatic rings. The van der Waals surface area contributed by atoms with Crippen molar-refractivity contribution in [2.24, 2.45) is 0 Å². The van der Waals surface area contributed by atoms with Crippen molar-refractivity contribution in [3.63, 3.8) is 0 Å². The van der Waals surface area contributed by atoms with Crippen molar-refractivity contribution >= 4 is 58.9 Å². The van der Waals surface area contributed by atoms with Crippen LogP contribution in [0.15, 0.2) is 73.8 Å². The lowest BCUT2D eigenvalue weighted by molar-refractivity contribution is -0.156. The number of fused-ring (bicyclic) bond motifs is 8. The van der Waals surface area contributed by atoms with Gasteiger partial charge in [-0.15, -0.1) is 0 Å². The maximum atomic E-state index is 14.9. The van der Waals surface area contributed by atoms with E-state index in [0.29, 0.717) is 115 Å². The summed E-state index contributed by atoms with van der Waals surface area (Å²) in [4.78, 5) is 134. The Hall–Kier alpha value is -8.94. The van der Waals surface area contributed by atoms with Crippen LogP contribution in [-0.2, 0) is 82.9 Å². The molecule has 0 saturated carbocycles. The minimum absolute atomic E-state index is 0.00657. The molecule has 0 unspecified atom stereocenters. The highest BCUT2D eigenvalue weighted by Crippen LogP contribution is 2.42. The Kier molecular flexibility index (Phi) is 37.3. The molecule has 1 aliphatic rings. The van der Waals surface area contributed by atoms with Gasteiger partial charge in [0.1, 0.15) is 35.8 Å². The van der Waals surface area contributed by atoms with Crippen LogP contribution in [0.25, 0.3) is 0 Å². The standard InChI is InChI=1S/C80H104O20/c1-9-17-21-29-67(81)55-41-59-49-60-42-56(68(82)30-22-18-10-2)44-62(78(60)98-38-26-34-94-72(86)14-6)51-64-46-58(70(84)32-24-20-12-4)48-66(80(64)100-40-28-36-96-76(90)54-74(88)92-16-8)52-65-47-57(69(83)31-23-19-11-3)45-63(50-61(43-55)77(59)97-37-25-33-93-71(85)13-5)79(65)99-39-27-35-95-75(89)53-73(87)91-15-7/h13-14,41-48H,5-6,9-12,15-40,49-54H2,1-4,7-8H3. The molecule has 8 bridgehead atoms. The van der Waals surface area contributed by atoms with Gasteiger partial charge in [0.2, 0.25) is 0 Å². The third-order valence-electron chi connectivity index (χ3n) is 16.5. The molecule has 20 heteroatoms. The third-order valence-corrected chi connectivity index (χ3v) is 16.5. The van der Waals surface area contributed by atoms with Crippen molar-refractivity contribution in [1.82, 2.24) is 0 Å². The summed E-state index contributed by atoms with van der Waals surface area (Å²) in [5, 5.41) is 0. The van der Waals surface area contributed by atoms with E-state index in [4.69, 9.17) is 47.4 Å². The molecule has 0 saturated heterocycles. The number of carbonyl (C=O) groups excluding carboxylic acids is 10. The monoisotopic (exact) mass is 1380 g/mol. The van der Waals surface area contributed by atoms with Crippen molar-refractivity contribution < 1.29 is 95.3 Å². The average molecular weight is 1390 g/mol. The summed E-state index contributed by atoms with van der Waals surface area (Å²) < 4.78 is 59.4. The maximum absolute atomic E-state index is 14.9. The zero-order chi connectivity index (χ0) is 72.6. The second-order valence-electron chi connectivity index (χ2n) is 24.7. The fraction of sp³-hybridized carbons (Fsp3) is 0.525. The molecule has 20 nitrogen and oxygen atoms in total. The van der Waals surface area contributed by atoms with Gasteiger partial charge in [-0.3, -0.25) is 38.4 Å². The second-order valence-corrected chi connectivity index (χ2v) is 24.7. The first-order chi connectivity index (χ1) is 48.4. The van der Waals surface area contributed by atoms with E-state index in [2.05, 4.69) is 40.9 Å². The molecule has 100 heavy (non-hydrogen) atoms. The first-order valence-electron chi connectivity index (χ1n) is 35.9. The Labute approximate surface area is 589 Å². The zero-order valence-corrected chi connectivity index (χ0v) is 59.8. The quantitative estimate of drug-likeness (QED) is 0.00875. The molecule has 0 spiro atoms. The molecule has 0 heterocycles. The summed E-state index contributed by atoms with van der Waals surface area (Å²) >= 11 is 0. The van der Waals surface area contributed by atoms with Crippen LogP contribution in [0.1, 0.15) is 269 Å². The molecule has 0 N–H and O–H groups in total. The van der Waals surface area contributed by atoms with Crippen molar-refractivity contribution in [3.8, 4) is 23.0 Å². The smallest absolute Gasteiger partial charge is 0.330 e. The highest BCUT2D eigenvalue weighted by molar-refractivity contribution is 5.99. The van der Waals surface area contributed by atoms with Gasteiger partial charge in [0.25, 0.3) is 0 Å². The number of carbonyl (C=O) groups is 10. The molecule has 5 rings (SSSR count). The van der Waals surface area contributed by atoms with Crippen molar-refractivity contribution in [2.75, 3.05) is 66.1 Å². The van der Waals surface area contributed by atoms with E-state index in [1.54, 1.807) is 50.2 Å². The van der Waals surface area contributed by atoms with Gasteiger partial charge in [0.15, 0.2) is 23.1 Å². The van der Waals surface area contributed by atoms with Gasteiger partial charge in [-0.1, -0.05) is 92.2 Å². The van der Waals surface area contributed by atoms with Crippen LogP contribution >= 0.6 is 0 Å². The number of ketones is 4. The maximum Gasteiger partial charge on any atom is 0.330 e. The predicted octanol–water partition coefficient (Wildman–Crippen LogP) is 14.9. The normalized spacial score (nSPS) is 11.5. The van der Waals surface area contributed by atoms with E-state index < -0.39 is 48.7 Å². The van der Waals surface area contributed by atoms with E-state index in [1.807, 2.05) is 12.1 Å². The Balaban J connectivity index is 1.97. The van der Waals surface area contributed by atoms with Crippen molar-refractivity contribution in [3.05, 3.63) is 141 Å². The second kappa shape index (κ2) is 45.7. The van der Waals surface area contributed by atoms with Crippen LogP contribution in [0.3, 0.4) is 0 Å². The topological polar surface area (TPSA) is 263 Å². The van der Waals surface area contributed by atoms with E-state index in [1.165, 1.54) is 0 Å². The number of hydrogen-bond acceptors (Lipinski definition) is 20. The molecular weight excluding hydrogens is 1280 g/mol. The first-order valence-corrected chi connectivity index (χ1v) is 35.9. The van der Waals surface area contributed by atoms with Crippen LogP contribution in [0.5, 0.6) is 23.0 Å². The molecular formula is C80H104O20. The number of esters is 6. The van der Waals surface area contributed by atoms with E-state index in [0.717, 1.165) is 63.5 Å². The number of unbranched alkanes of at least 4 members (excludes halogenated alkanes) is 8. The molecule has 0 aromatic heterocycles. The Morgan fingerprint density at radius 2 is 0.520 bits per heavy atom. The van der Waals surface area contributed by atoms with E-state index >= 15 is 0 Å². The number of ether oxygens (including phenoxy) is 10. The largest absolute Gasteiger partial charge is 0.493 e. The minimum Gasteiger partial charge on any atom is -0.493 e. The van der Waals surface area contributed by atoms with E-state index in [-0.39, 0.29) is 166 Å². The average Bonchev–Trinajstić information content (AvgIpc) is 0.772. The number of benzene rings is 4. The fourth-order valence-corrected chi connectivity index (χ4v) is 11.5. The van der Waals surface area contributed by atoms with Gasteiger partial charge in [0, 0.05) is 111 Å². The fourth-order valence-electron chi connectivity index (χ4n) is 11.5. The van der Waals surface area contributed by atoms with Crippen molar-refractivity contribution in [2.45, 2.75) is 208 Å². The summed E-state index contributed by atoms with van der Waals surface area (Å²) in [5.41, 5.74) is 5.65. The summed E-state index contributed by atoms with van der Waals surface area (Å²) in [7, 11) is 0. The SMILES string of the molecule is C=CC(=O)OCCCOc1c2cc(C(=O)CCCCC)cc1Cc1cc(C(=O)CCCCC)cc(c1OCCCOC(=O)CC(=O)OCC)Cc1cc(C(=O)CCCCC)cc(c1OCCCOC(=O)CC(=O)OCC)Cc1cc(C(=O)CCCCC)cc(c1OCCCOC(=O)C=C)C2. The van der Waals surface area contributed by atoms with Gasteiger partial charge < -0.3 is 47.4 Å². The molecule has 0 atom stereocenters. The lowest BCUT2D eigenvalue weighted by atomic mass is 9.86. The molecule has 0 amide bonds. The molecule has 1 aliphatic carbocycles. The summed E-state index contributed by atoms with van der Waals surface area (Å²) in [6.07, 6.45) is 11.8. The lowest BCUT2D eigenvalue weighted by Gasteiger charge is -2.25. The van der Waals surface area contributed by atoms with Crippen LogP contribution < -0.4 is 18.9 Å². The van der Waals surface area contributed by atoms with Crippen LogP contribution in [-0.4, -0.2) is 125 Å². The predicted molar refractivity (Wildman–Crippen MR) is 378 cm³/mol. The molecule has 0 radical (unpaired) electrons. The van der Waals surface area contributed by atoms with Crippen LogP contribution in [0.2, 0.25) is 0 Å². The molecule has 4 aromatic carbocycles. The number of rotatable bonds is 48. The molecule has 0 fully saturated rings. The van der Waals surface area contributed by atoms with E-state index in [9.17, 15) is 47.9 Å². The molecule has 0 aliphatic heterocycles. The number of hydrogen-bond donors (Lipinski definition) is 0. The summed E-state index contributed by atoms with van der Waals surface area (Å²) in [6, 6.07) is 14.4. The van der Waals surface area contributed by atoms with Crippen LogP contribution in [0.4, 0.5) is 0 Å². The third kappa shape index (κ3) is 28.0. The van der Waals surface area contributed by atoms with Gasteiger partial charge in [0.05, 0.1) is 66.1 Å². The first kappa shape index (κ1) is 81.7. The van der Waals surface area contributed by atoms with Gasteiger partial charge in [-0.2, -0.15) is 0 Å². The summed E-state index contributed by atoms with van der Waals surface area (Å²) in [6.45, 7) is 18.4. The molecule has 544 valence electrons. The Morgan fingerprint density at radius 3 is 0.730 bits per heavy atom. The zero-order valence-electron chi connectivity index (χ0n) is 59.8. The highest BCUT2D eigenvalue weighted by Gasteiger charge is 2.28. The summed E-state index contributed by atoms with van der Waals surface area (Å²) in [5.74, 6) is -3.36. The minimum atomic E-state index is -0.779. The van der Waals surface area contributed by atoms with Gasteiger partial charge in [-0.25, -0.2) is 9.59 Å². The lowest BCUT2D eigenvalue weighted by Crippen LogP contribution is -2.16. The van der Waals surface area contributed by atoms with Gasteiger partial charge in [-0.05, 0) is 133 Å². The van der Waals surface area contributed by atoms with Crippen molar-refractivity contribution in [1.29, 1.82) is 0 Å². The number of Topliss-reactive ketones (excluding diaryl/α,β-unsaturated/α-hetero) is 4.